The first-order valence-corrected chi connectivity index (χ1v) is 7.96. The van der Waals surface area contributed by atoms with Crippen LogP contribution in [0.2, 0.25) is 0 Å². The summed E-state index contributed by atoms with van der Waals surface area (Å²) < 4.78 is 0. The van der Waals surface area contributed by atoms with Crippen LogP contribution in [-0.4, -0.2) is 23.0 Å². The van der Waals surface area contributed by atoms with Crippen LogP contribution in [0.15, 0.2) is 73.1 Å². The zero-order valence-corrected chi connectivity index (χ0v) is 13.7. The van der Waals surface area contributed by atoms with Gasteiger partial charge in [0.05, 0.1) is 16.7 Å². The number of para-hydroxylation sites is 1. The van der Waals surface area contributed by atoms with Gasteiger partial charge in [-0.25, -0.2) is 4.79 Å². The van der Waals surface area contributed by atoms with E-state index in [1.54, 1.807) is 24.3 Å². The number of hydrogen-bond donors (Lipinski definition) is 1. The van der Waals surface area contributed by atoms with Gasteiger partial charge >= 0.3 is 6.03 Å². The third kappa shape index (κ3) is 2.76. The number of benzene rings is 2. The lowest BCUT2D eigenvalue weighted by Gasteiger charge is -2.19. The molecule has 0 spiro atoms. The fourth-order valence-corrected chi connectivity index (χ4v) is 2.86. The maximum absolute atomic E-state index is 12.7. The largest absolute Gasteiger partial charge is 0.326 e. The summed E-state index contributed by atoms with van der Waals surface area (Å²) in [6, 6.07) is 18.9. The second kappa shape index (κ2) is 6.20. The fraction of sp³-hybridized carbons (Fsp3) is 0.0500. The monoisotopic (exact) mass is 328 g/mol. The Balaban J connectivity index is 1.77. The van der Waals surface area contributed by atoms with Gasteiger partial charge in [0.2, 0.25) is 0 Å². The molecule has 1 N–H and O–H groups in total. The number of nitrogens with zero attached hydrogens (tertiary/aromatic N) is 3. The van der Waals surface area contributed by atoms with Crippen LogP contribution in [0.3, 0.4) is 0 Å². The first-order valence-electron chi connectivity index (χ1n) is 7.96. The molecule has 2 aromatic heterocycles. The first kappa shape index (κ1) is 15.1. The molecular weight excluding hydrogens is 312 g/mol. The Morgan fingerprint density at radius 1 is 0.920 bits per heavy atom. The number of amides is 2. The molecule has 2 heterocycles. The smallest absolute Gasteiger partial charge is 0.305 e. The summed E-state index contributed by atoms with van der Waals surface area (Å²) in [7, 11) is 1.74. The fourth-order valence-electron chi connectivity index (χ4n) is 2.86. The minimum Gasteiger partial charge on any atom is -0.305 e. The van der Waals surface area contributed by atoms with E-state index in [0.717, 1.165) is 27.5 Å². The van der Waals surface area contributed by atoms with Crippen molar-refractivity contribution in [3.63, 3.8) is 0 Å². The number of urea groups is 1. The second-order valence-electron chi connectivity index (χ2n) is 5.72. The summed E-state index contributed by atoms with van der Waals surface area (Å²) in [5, 5.41) is 4.85. The Morgan fingerprint density at radius 3 is 2.44 bits per heavy atom. The van der Waals surface area contributed by atoms with Gasteiger partial charge in [-0.2, -0.15) is 0 Å². The molecule has 0 aliphatic carbocycles. The molecule has 122 valence electrons. The Morgan fingerprint density at radius 2 is 1.64 bits per heavy atom. The molecule has 0 fully saturated rings. The highest BCUT2D eigenvalue weighted by molar-refractivity contribution is 6.13. The third-order valence-electron chi connectivity index (χ3n) is 4.15. The molecule has 5 nitrogen and oxygen atoms in total. The lowest BCUT2D eigenvalue weighted by molar-refractivity contribution is 0.258. The Bertz CT molecular complexity index is 1060. The molecule has 0 saturated carbocycles. The quantitative estimate of drug-likeness (QED) is 0.553. The molecule has 2 aromatic carbocycles. The van der Waals surface area contributed by atoms with Crippen molar-refractivity contribution in [1.29, 1.82) is 0 Å². The van der Waals surface area contributed by atoms with Crippen LogP contribution in [-0.2, 0) is 0 Å². The highest BCUT2D eigenvalue weighted by Crippen LogP contribution is 2.29. The van der Waals surface area contributed by atoms with Gasteiger partial charge < -0.3 is 5.32 Å². The van der Waals surface area contributed by atoms with E-state index in [-0.39, 0.29) is 6.03 Å². The lowest BCUT2D eigenvalue weighted by Crippen LogP contribution is -2.31. The molecule has 0 radical (unpaired) electrons. The minimum atomic E-state index is -0.221. The highest BCUT2D eigenvalue weighted by Gasteiger charge is 2.14. The SMILES string of the molecule is CN(C(=O)Nc1cc2cccnc2c2cccnc12)c1ccccc1. The maximum atomic E-state index is 12.7. The molecule has 4 rings (SSSR count). The number of pyridine rings is 2. The van der Waals surface area contributed by atoms with Crippen molar-refractivity contribution in [1.82, 2.24) is 9.97 Å². The van der Waals surface area contributed by atoms with Crippen LogP contribution in [0.25, 0.3) is 21.8 Å². The van der Waals surface area contributed by atoms with Gasteiger partial charge in [0.15, 0.2) is 0 Å². The van der Waals surface area contributed by atoms with E-state index in [0.29, 0.717) is 5.69 Å². The Labute approximate surface area is 144 Å². The van der Waals surface area contributed by atoms with Crippen molar-refractivity contribution in [2.24, 2.45) is 0 Å². The van der Waals surface area contributed by atoms with Gasteiger partial charge in [-0.05, 0) is 36.4 Å². The van der Waals surface area contributed by atoms with E-state index in [4.69, 9.17) is 0 Å². The van der Waals surface area contributed by atoms with Gasteiger partial charge in [-0.1, -0.05) is 24.3 Å². The maximum Gasteiger partial charge on any atom is 0.326 e. The predicted molar refractivity (Wildman–Crippen MR) is 101 cm³/mol. The average molecular weight is 328 g/mol. The second-order valence-corrected chi connectivity index (χ2v) is 5.72. The summed E-state index contributed by atoms with van der Waals surface area (Å²) in [5.41, 5.74) is 3.09. The molecule has 0 aliphatic rings. The summed E-state index contributed by atoms with van der Waals surface area (Å²) >= 11 is 0. The number of carbonyl (C=O) groups excluding carboxylic acids is 1. The van der Waals surface area contributed by atoms with Gasteiger partial charge in [0.25, 0.3) is 0 Å². The van der Waals surface area contributed by atoms with Crippen LogP contribution in [0, 0.1) is 0 Å². The lowest BCUT2D eigenvalue weighted by atomic mass is 10.1. The molecule has 5 heteroatoms. The van der Waals surface area contributed by atoms with Gasteiger partial charge in [-0.3, -0.25) is 14.9 Å². The summed E-state index contributed by atoms with van der Waals surface area (Å²) in [6.45, 7) is 0. The van der Waals surface area contributed by atoms with Crippen LogP contribution in [0.4, 0.5) is 16.2 Å². The van der Waals surface area contributed by atoms with Crippen LogP contribution in [0.5, 0.6) is 0 Å². The number of aromatic nitrogens is 2. The Kier molecular flexibility index (Phi) is 3.74. The molecule has 0 atom stereocenters. The number of hydrogen-bond acceptors (Lipinski definition) is 3. The molecule has 0 unspecified atom stereocenters. The number of carbonyl (C=O) groups is 1. The van der Waals surface area contributed by atoms with Crippen molar-refractivity contribution in [2.45, 2.75) is 0 Å². The van der Waals surface area contributed by atoms with E-state index >= 15 is 0 Å². The molecule has 2 amide bonds. The van der Waals surface area contributed by atoms with Crippen molar-refractivity contribution in [2.75, 3.05) is 17.3 Å². The van der Waals surface area contributed by atoms with E-state index in [1.807, 2.05) is 60.7 Å². The average Bonchev–Trinajstić information content (AvgIpc) is 2.68. The number of rotatable bonds is 2. The van der Waals surface area contributed by atoms with Crippen molar-refractivity contribution in [3.05, 3.63) is 73.1 Å². The topological polar surface area (TPSA) is 58.1 Å². The van der Waals surface area contributed by atoms with E-state index < -0.39 is 0 Å². The standard InChI is InChI=1S/C20H16N4O/c1-24(15-8-3-2-4-9-15)20(25)23-17-13-14-7-5-11-21-18(14)16-10-6-12-22-19(16)17/h2-13H,1H3,(H,23,25). The highest BCUT2D eigenvalue weighted by atomic mass is 16.2. The minimum absolute atomic E-state index is 0.221. The third-order valence-corrected chi connectivity index (χ3v) is 4.15. The summed E-state index contributed by atoms with van der Waals surface area (Å²) in [4.78, 5) is 23.1. The zero-order chi connectivity index (χ0) is 17.2. The van der Waals surface area contributed by atoms with E-state index in [9.17, 15) is 4.79 Å². The summed E-state index contributed by atoms with van der Waals surface area (Å²) in [5.74, 6) is 0. The molecule has 0 aliphatic heterocycles. The van der Waals surface area contributed by atoms with Crippen molar-refractivity contribution in [3.8, 4) is 0 Å². The summed E-state index contributed by atoms with van der Waals surface area (Å²) in [6.07, 6.45) is 3.48. The zero-order valence-electron chi connectivity index (χ0n) is 13.7. The first-order chi connectivity index (χ1) is 12.2. The molecule has 25 heavy (non-hydrogen) atoms. The number of anilines is 2. The number of nitrogens with one attached hydrogen (secondary N) is 1. The van der Waals surface area contributed by atoms with Gasteiger partial charge in [-0.15, -0.1) is 0 Å². The normalized spacial score (nSPS) is 10.8. The van der Waals surface area contributed by atoms with Crippen molar-refractivity contribution < 1.29 is 4.79 Å². The Hall–Kier alpha value is -3.47. The predicted octanol–water partition coefficient (Wildman–Crippen LogP) is 4.45. The van der Waals surface area contributed by atoms with Crippen molar-refractivity contribution >= 4 is 39.2 Å². The molecule has 4 aromatic rings. The van der Waals surface area contributed by atoms with Gasteiger partial charge in [0, 0.05) is 35.9 Å². The van der Waals surface area contributed by atoms with Gasteiger partial charge in [0.1, 0.15) is 0 Å². The van der Waals surface area contributed by atoms with Crippen LogP contribution >= 0.6 is 0 Å². The van der Waals surface area contributed by atoms with Crippen LogP contribution in [0.1, 0.15) is 0 Å². The molecular formula is C20H16N4O. The van der Waals surface area contributed by atoms with Crippen LogP contribution < -0.4 is 10.2 Å². The molecule has 0 bridgehead atoms. The van der Waals surface area contributed by atoms with E-state index in [2.05, 4.69) is 15.3 Å². The molecule has 0 saturated heterocycles. The number of fused-ring (bicyclic) bond motifs is 3. The van der Waals surface area contributed by atoms with E-state index in [1.165, 1.54) is 0 Å².